The molecule has 18 heteroatoms. The number of amides is 2. The van der Waals surface area contributed by atoms with Gasteiger partial charge in [-0.15, -0.1) is 11.3 Å². The average molecular weight is 599 g/mol. The van der Waals surface area contributed by atoms with Crippen LogP contribution < -0.4 is 11.1 Å². The van der Waals surface area contributed by atoms with Crippen molar-refractivity contribution in [3.8, 4) is 0 Å². The van der Waals surface area contributed by atoms with E-state index in [1.807, 2.05) is 0 Å². The number of carbonyl (C=O) groups is 2. The number of nitrogen functional groups attached to an aromatic ring is 1. The van der Waals surface area contributed by atoms with Gasteiger partial charge in [-0.05, 0) is 13.8 Å². The molecular weight excluding hydrogens is 566 g/mol. The van der Waals surface area contributed by atoms with Crippen LogP contribution in [0.15, 0.2) is 29.1 Å². The maximum atomic E-state index is 13.3. The van der Waals surface area contributed by atoms with Crippen molar-refractivity contribution in [3.63, 3.8) is 0 Å². The number of anilines is 1. The van der Waals surface area contributed by atoms with Gasteiger partial charge < -0.3 is 25.5 Å². The standard InChI is InChI=1S/C22H31N9O7S2/c1-13(32)22(2,3)38-28-17(15-12-39-21(23)25-15)19(33)26-18-16(30(20(18)34)40(35,36)37)10-29-24-9-14(27-29)11-31(4)7-5-6-8-31/h9,12,16,18H,1,5-8,10-11H2,2-4H3,(H4-,23,25,26,32,33,35,36,37)/p+1/b28-17-/t16-,18+/m1/s1. The van der Waals surface area contributed by atoms with Gasteiger partial charge in [0.1, 0.15) is 35.8 Å². The van der Waals surface area contributed by atoms with E-state index in [2.05, 4.69) is 39.3 Å². The number of rotatable bonds is 11. The predicted molar refractivity (Wildman–Crippen MR) is 143 cm³/mol. The monoisotopic (exact) mass is 598 g/mol. The quantitative estimate of drug-likeness (QED) is 0.0665. The summed E-state index contributed by atoms with van der Waals surface area (Å²) in [5, 5.41) is 26.2. The van der Waals surface area contributed by atoms with Gasteiger partial charge in [-0.3, -0.25) is 14.1 Å². The van der Waals surface area contributed by atoms with Crippen LogP contribution >= 0.6 is 11.3 Å². The molecule has 16 nitrogen and oxygen atoms in total. The van der Waals surface area contributed by atoms with Crippen LogP contribution in [0.4, 0.5) is 5.13 Å². The number of carbonyl (C=O) groups excluding carboxylic acids is 2. The van der Waals surface area contributed by atoms with Crippen molar-refractivity contribution in [1.82, 2.24) is 29.6 Å². The second-order valence-corrected chi connectivity index (χ2v) is 12.7. The van der Waals surface area contributed by atoms with Crippen molar-refractivity contribution in [2.75, 3.05) is 25.9 Å². The third-order valence-corrected chi connectivity index (χ3v) is 8.49. The minimum absolute atomic E-state index is 0.0197. The van der Waals surface area contributed by atoms with Crippen LogP contribution in [-0.4, -0.2) is 102 Å². The summed E-state index contributed by atoms with van der Waals surface area (Å²) >= 11 is 1.02. The lowest BCUT2D eigenvalue weighted by molar-refractivity contribution is -0.911. The average Bonchev–Trinajstić information content (AvgIpc) is 3.58. The van der Waals surface area contributed by atoms with Gasteiger partial charge in [-0.1, -0.05) is 11.7 Å². The van der Waals surface area contributed by atoms with E-state index in [-0.39, 0.29) is 33.1 Å². The number of oxime groups is 1. The summed E-state index contributed by atoms with van der Waals surface area (Å²) < 4.78 is 34.7. The van der Waals surface area contributed by atoms with E-state index in [0.717, 1.165) is 41.8 Å². The molecule has 2 aromatic heterocycles. The van der Waals surface area contributed by atoms with E-state index < -0.39 is 39.8 Å². The Morgan fingerprint density at radius 1 is 1.40 bits per heavy atom. The van der Waals surface area contributed by atoms with Crippen LogP contribution in [0.2, 0.25) is 0 Å². The number of nitrogens with zero attached hydrogens (tertiary/aromatic N) is 7. The third kappa shape index (κ3) is 6.24. The first kappa shape index (κ1) is 29.4. The number of nitrogens with one attached hydrogen (secondary N) is 1. The van der Waals surface area contributed by atoms with Gasteiger partial charge in [-0.25, -0.2) is 9.29 Å². The molecule has 0 spiro atoms. The van der Waals surface area contributed by atoms with Crippen LogP contribution in [-0.2, 0) is 37.8 Å². The highest BCUT2D eigenvalue weighted by Gasteiger charge is 2.54. The minimum atomic E-state index is -4.94. The molecule has 5 N–H and O–H groups in total. The van der Waals surface area contributed by atoms with E-state index in [0.29, 0.717) is 12.2 Å². The molecule has 218 valence electrons. The van der Waals surface area contributed by atoms with Crippen molar-refractivity contribution in [1.29, 1.82) is 0 Å². The van der Waals surface area contributed by atoms with Crippen LogP contribution in [0.1, 0.15) is 38.1 Å². The highest BCUT2D eigenvalue weighted by Crippen LogP contribution is 2.26. The SMILES string of the molecule is C=C(O)C(C)(C)O/N=C(\C(=O)N[C@@H]1C(=O)N(S(=O)(=O)O)[C@@H]1Cn1ncc(C[N+]2(C)CCCC2)n1)c1csc(N)n1. The first-order valence-corrected chi connectivity index (χ1v) is 14.6. The largest absolute Gasteiger partial charge is 0.509 e. The Hall–Kier alpha value is -3.61. The molecule has 4 heterocycles. The normalized spacial score (nSPS) is 21.2. The van der Waals surface area contributed by atoms with Crippen molar-refractivity contribution in [2.45, 2.75) is 57.5 Å². The molecule has 4 rings (SSSR count). The van der Waals surface area contributed by atoms with Crippen molar-refractivity contribution < 1.29 is 37.0 Å². The lowest BCUT2D eigenvalue weighted by atomic mass is 9.98. The molecule has 2 aromatic rings. The molecule has 0 unspecified atom stereocenters. The highest BCUT2D eigenvalue weighted by molar-refractivity contribution is 7.84. The van der Waals surface area contributed by atoms with E-state index in [1.54, 1.807) is 6.20 Å². The maximum absolute atomic E-state index is 13.3. The number of aliphatic hydroxyl groups excluding tert-OH is 1. The molecule has 0 aliphatic carbocycles. The molecule has 2 saturated heterocycles. The Morgan fingerprint density at radius 2 is 2.08 bits per heavy atom. The Balaban J connectivity index is 1.55. The van der Waals surface area contributed by atoms with E-state index in [9.17, 15) is 27.7 Å². The second-order valence-electron chi connectivity index (χ2n) is 10.5. The number of quaternary nitrogens is 1. The zero-order valence-corrected chi connectivity index (χ0v) is 23.9. The highest BCUT2D eigenvalue weighted by atomic mass is 32.2. The fourth-order valence-corrected chi connectivity index (χ4v) is 5.89. The van der Waals surface area contributed by atoms with Crippen molar-refractivity contribution in [3.05, 3.63) is 35.3 Å². The Kier molecular flexibility index (Phi) is 7.90. The van der Waals surface area contributed by atoms with Crippen molar-refractivity contribution >= 4 is 44.3 Å². The molecule has 2 atom stereocenters. The van der Waals surface area contributed by atoms with Gasteiger partial charge in [0, 0.05) is 18.2 Å². The topological polar surface area (TPSA) is 215 Å². The van der Waals surface area contributed by atoms with Gasteiger partial charge in [0.15, 0.2) is 16.4 Å². The zero-order chi connectivity index (χ0) is 29.5. The lowest BCUT2D eigenvalue weighted by Crippen LogP contribution is -2.73. The van der Waals surface area contributed by atoms with Gasteiger partial charge >= 0.3 is 10.3 Å². The molecule has 0 radical (unpaired) electrons. The number of likely N-dealkylation sites (tertiary alicyclic amines) is 1. The van der Waals surface area contributed by atoms with Crippen LogP contribution in [0, 0.1) is 0 Å². The molecule has 0 aromatic carbocycles. The Morgan fingerprint density at radius 3 is 2.65 bits per heavy atom. The number of β-lactam (4-membered cyclic amide) rings is 1. The predicted octanol–water partition coefficient (Wildman–Crippen LogP) is -0.173. The number of hydrogen-bond donors (Lipinski definition) is 4. The summed E-state index contributed by atoms with van der Waals surface area (Å²) in [7, 11) is -2.82. The van der Waals surface area contributed by atoms with Crippen LogP contribution in [0.25, 0.3) is 0 Å². The zero-order valence-electron chi connectivity index (χ0n) is 22.2. The number of hydrogen-bond acceptors (Lipinski definition) is 12. The van der Waals surface area contributed by atoms with E-state index in [4.69, 9.17) is 10.6 Å². The summed E-state index contributed by atoms with van der Waals surface area (Å²) in [5.74, 6) is -2.37. The smallest absolute Gasteiger partial charge is 0.362 e. The molecule has 2 fully saturated rings. The fraction of sp³-hybridized carbons (Fsp3) is 0.545. The number of nitrogens with two attached hydrogens (primary N) is 1. The van der Waals surface area contributed by atoms with Crippen LogP contribution in [0.5, 0.6) is 0 Å². The molecular formula is C22H32N9O7S2+. The summed E-state index contributed by atoms with van der Waals surface area (Å²) in [6.07, 6.45) is 3.81. The summed E-state index contributed by atoms with van der Waals surface area (Å²) in [6, 6.07) is -2.62. The van der Waals surface area contributed by atoms with Gasteiger partial charge in [-0.2, -0.15) is 23.4 Å². The maximum Gasteiger partial charge on any atom is 0.362 e. The minimum Gasteiger partial charge on any atom is -0.509 e. The van der Waals surface area contributed by atoms with Gasteiger partial charge in [0.2, 0.25) is 0 Å². The number of thiazole rings is 1. The Bertz CT molecular complexity index is 1440. The lowest BCUT2D eigenvalue weighted by Gasteiger charge is -2.43. The molecule has 0 bridgehead atoms. The first-order valence-electron chi connectivity index (χ1n) is 12.3. The van der Waals surface area contributed by atoms with E-state index in [1.165, 1.54) is 24.0 Å². The first-order chi connectivity index (χ1) is 18.6. The van der Waals surface area contributed by atoms with Gasteiger partial charge in [0.05, 0.1) is 32.9 Å². The summed E-state index contributed by atoms with van der Waals surface area (Å²) in [4.78, 5) is 36.6. The van der Waals surface area contributed by atoms with Gasteiger partial charge in [0.25, 0.3) is 11.8 Å². The molecule has 40 heavy (non-hydrogen) atoms. The Labute approximate surface area is 234 Å². The third-order valence-electron chi connectivity index (χ3n) is 6.87. The molecule has 0 saturated carbocycles. The fourth-order valence-electron chi connectivity index (χ4n) is 4.47. The van der Waals surface area contributed by atoms with Crippen molar-refractivity contribution in [2.24, 2.45) is 5.16 Å². The molecule has 2 aliphatic rings. The number of aliphatic hydroxyl groups is 1. The summed E-state index contributed by atoms with van der Waals surface area (Å²) in [5.41, 5.74) is 4.64. The van der Waals surface area contributed by atoms with E-state index >= 15 is 0 Å². The molecule has 2 amide bonds. The second kappa shape index (κ2) is 10.8. The molecule has 2 aliphatic heterocycles. The summed E-state index contributed by atoms with van der Waals surface area (Å²) in [6.45, 7) is 8.74. The van der Waals surface area contributed by atoms with Crippen LogP contribution in [0.3, 0.4) is 0 Å². The number of aromatic nitrogens is 4.